The van der Waals surface area contributed by atoms with Crippen LogP contribution in [0, 0.1) is 5.92 Å². The van der Waals surface area contributed by atoms with Crippen LogP contribution in [-0.4, -0.2) is 79.6 Å². The second kappa shape index (κ2) is 14.2. The molecule has 1 rings (SSSR count). The molecule has 31 heavy (non-hydrogen) atoms. The van der Waals surface area contributed by atoms with Gasteiger partial charge in [0.05, 0.1) is 26.4 Å². The molecule has 0 aliphatic carbocycles. The summed E-state index contributed by atoms with van der Waals surface area (Å²) in [7, 11) is 1.21. The van der Waals surface area contributed by atoms with E-state index in [1.807, 2.05) is 26.1 Å². The van der Waals surface area contributed by atoms with Crippen LogP contribution in [0.3, 0.4) is 0 Å². The Labute approximate surface area is 183 Å². The molecule has 1 unspecified atom stereocenters. The average molecular weight is 446 g/mol. The van der Waals surface area contributed by atoms with Gasteiger partial charge in [0.1, 0.15) is 11.3 Å². The van der Waals surface area contributed by atoms with Gasteiger partial charge in [-0.25, -0.2) is 14.4 Å². The summed E-state index contributed by atoms with van der Waals surface area (Å²) in [5.74, 6) is -0.393. The highest BCUT2D eigenvalue weighted by Gasteiger charge is 2.27. The lowest BCUT2D eigenvalue weighted by Gasteiger charge is -2.33. The maximum atomic E-state index is 11.9. The van der Waals surface area contributed by atoms with Gasteiger partial charge < -0.3 is 34.9 Å². The van der Waals surface area contributed by atoms with E-state index in [2.05, 4.69) is 16.6 Å². The summed E-state index contributed by atoms with van der Waals surface area (Å²) in [6.07, 6.45) is 1.11. The molecule has 1 atom stereocenters. The molecule has 0 aromatic carbocycles. The highest BCUT2D eigenvalue weighted by Crippen LogP contribution is 2.20. The van der Waals surface area contributed by atoms with E-state index in [9.17, 15) is 19.2 Å². The van der Waals surface area contributed by atoms with E-state index in [1.165, 1.54) is 7.11 Å². The van der Waals surface area contributed by atoms with E-state index in [-0.39, 0.29) is 30.4 Å². The number of amides is 3. The van der Waals surface area contributed by atoms with Crippen molar-refractivity contribution in [3.63, 3.8) is 0 Å². The monoisotopic (exact) mass is 445 g/mol. The smallest absolute Gasteiger partial charge is 0.410 e. The third-order valence-corrected chi connectivity index (χ3v) is 4.02. The van der Waals surface area contributed by atoms with Crippen molar-refractivity contribution < 1.29 is 38.5 Å². The average Bonchev–Trinajstić information content (AvgIpc) is 2.71. The van der Waals surface area contributed by atoms with Crippen LogP contribution < -0.4 is 10.6 Å². The molecular weight excluding hydrogens is 410 g/mol. The molecule has 1 fully saturated rings. The number of hydrogen-bond donors (Lipinski definition) is 3. The molecule has 1 heterocycles. The third kappa shape index (κ3) is 13.2. The SMILES string of the molecule is C=C(NC=O)C(=O)OC.CC(CO)NC(=O)OCC1CCN(C(=O)OC(C)(C)C)CC1. The van der Waals surface area contributed by atoms with Crippen molar-refractivity contribution >= 4 is 24.6 Å². The van der Waals surface area contributed by atoms with Crippen LogP contribution in [0.1, 0.15) is 40.5 Å². The van der Waals surface area contributed by atoms with Crippen molar-refractivity contribution in [1.82, 2.24) is 15.5 Å². The summed E-state index contributed by atoms with van der Waals surface area (Å²) in [5.41, 5.74) is -0.550. The summed E-state index contributed by atoms with van der Waals surface area (Å²) < 4.78 is 14.7. The van der Waals surface area contributed by atoms with Gasteiger partial charge in [0.15, 0.2) is 0 Å². The highest BCUT2D eigenvalue weighted by molar-refractivity contribution is 5.89. The van der Waals surface area contributed by atoms with Crippen molar-refractivity contribution in [2.45, 2.75) is 52.2 Å². The lowest BCUT2D eigenvalue weighted by molar-refractivity contribution is -0.137. The molecule has 1 saturated heterocycles. The van der Waals surface area contributed by atoms with Crippen molar-refractivity contribution in [2.75, 3.05) is 33.4 Å². The van der Waals surface area contributed by atoms with Crippen LogP contribution in [0.5, 0.6) is 0 Å². The number of aliphatic hydroxyl groups excluding tert-OH is 1. The molecule has 0 radical (unpaired) electrons. The Morgan fingerprint density at radius 3 is 2.29 bits per heavy atom. The molecule has 1 aliphatic heterocycles. The minimum Gasteiger partial charge on any atom is -0.464 e. The summed E-state index contributed by atoms with van der Waals surface area (Å²) in [5, 5.41) is 13.4. The van der Waals surface area contributed by atoms with E-state index in [0.717, 1.165) is 12.8 Å². The van der Waals surface area contributed by atoms with Crippen molar-refractivity contribution in [2.24, 2.45) is 5.92 Å². The van der Waals surface area contributed by atoms with Crippen LogP contribution in [0.15, 0.2) is 12.3 Å². The minimum atomic E-state index is -0.637. The second-order valence-corrected chi connectivity index (χ2v) is 7.97. The molecule has 0 saturated carbocycles. The van der Waals surface area contributed by atoms with Gasteiger partial charge in [0.2, 0.25) is 6.41 Å². The van der Waals surface area contributed by atoms with Gasteiger partial charge in [-0.2, -0.15) is 0 Å². The standard InChI is InChI=1S/C15H28N2O5.C5H7NO3/c1-11(9-18)16-13(19)21-10-12-5-7-17(8-6-12)14(20)22-15(2,3)4;1-4(6-3-7)5(8)9-2/h11-12,18H,5-10H2,1-4H3,(H,16,19);3H,1H2,2H3,(H,6,7). The lowest BCUT2D eigenvalue weighted by atomic mass is 9.98. The number of alkyl carbamates (subject to hydrolysis) is 1. The Morgan fingerprint density at radius 2 is 1.84 bits per heavy atom. The van der Waals surface area contributed by atoms with Crippen molar-refractivity contribution in [3.05, 3.63) is 12.3 Å². The van der Waals surface area contributed by atoms with Crippen LogP contribution in [0.2, 0.25) is 0 Å². The van der Waals surface area contributed by atoms with E-state index >= 15 is 0 Å². The van der Waals surface area contributed by atoms with Crippen LogP contribution in [0.4, 0.5) is 9.59 Å². The zero-order valence-corrected chi connectivity index (χ0v) is 18.9. The number of carbonyl (C=O) groups is 4. The van der Waals surface area contributed by atoms with Gasteiger partial charge in [-0.3, -0.25) is 4.79 Å². The van der Waals surface area contributed by atoms with E-state index in [0.29, 0.717) is 26.1 Å². The number of nitrogens with zero attached hydrogens (tertiary/aromatic N) is 1. The third-order valence-electron chi connectivity index (χ3n) is 4.02. The minimum absolute atomic E-state index is 0.0625. The molecule has 0 aromatic heterocycles. The normalized spacial score (nSPS) is 14.8. The van der Waals surface area contributed by atoms with Gasteiger partial charge in [0.25, 0.3) is 0 Å². The Hall–Kier alpha value is -2.82. The number of piperidine rings is 1. The summed E-state index contributed by atoms with van der Waals surface area (Å²) >= 11 is 0. The number of methoxy groups -OCH3 is 1. The first-order chi connectivity index (χ1) is 14.4. The largest absolute Gasteiger partial charge is 0.464 e. The molecular formula is C20H35N3O8. The number of rotatable bonds is 7. The number of carbonyl (C=O) groups excluding carboxylic acids is 4. The predicted molar refractivity (Wildman–Crippen MR) is 112 cm³/mol. The number of ether oxygens (including phenoxy) is 3. The maximum absolute atomic E-state index is 11.9. The van der Waals surface area contributed by atoms with Crippen LogP contribution in [-0.2, 0) is 23.8 Å². The summed E-state index contributed by atoms with van der Waals surface area (Å²) in [4.78, 5) is 45.1. The van der Waals surface area contributed by atoms with Crippen LogP contribution in [0.25, 0.3) is 0 Å². The van der Waals surface area contributed by atoms with E-state index in [1.54, 1.807) is 11.8 Å². The van der Waals surface area contributed by atoms with E-state index < -0.39 is 17.7 Å². The molecule has 0 spiro atoms. The number of hydrogen-bond acceptors (Lipinski definition) is 8. The Morgan fingerprint density at radius 1 is 1.26 bits per heavy atom. The van der Waals surface area contributed by atoms with Crippen LogP contribution >= 0.6 is 0 Å². The van der Waals surface area contributed by atoms with Gasteiger partial charge in [-0.05, 0) is 46.5 Å². The molecule has 3 amide bonds. The molecule has 0 aromatic rings. The number of esters is 1. The quantitative estimate of drug-likeness (QED) is 0.229. The van der Waals surface area contributed by atoms with Gasteiger partial charge >= 0.3 is 18.2 Å². The fourth-order valence-corrected chi connectivity index (χ4v) is 2.34. The molecule has 1 aliphatic rings. The predicted octanol–water partition coefficient (Wildman–Crippen LogP) is 1.16. The molecule has 3 N–H and O–H groups in total. The number of nitrogens with one attached hydrogen (secondary N) is 2. The topological polar surface area (TPSA) is 144 Å². The molecule has 178 valence electrons. The van der Waals surface area contributed by atoms with E-state index in [4.69, 9.17) is 14.6 Å². The lowest BCUT2D eigenvalue weighted by Crippen LogP contribution is -2.43. The fraction of sp³-hybridized carbons (Fsp3) is 0.700. The first-order valence-electron chi connectivity index (χ1n) is 9.93. The van der Waals surface area contributed by atoms with Crippen molar-refractivity contribution in [3.8, 4) is 0 Å². The Balaban J connectivity index is 0.000000842. The molecule has 0 bridgehead atoms. The summed E-state index contributed by atoms with van der Waals surface area (Å²) in [6, 6.07) is -0.318. The zero-order chi connectivity index (χ0) is 24.0. The number of likely N-dealkylation sites (tertiary alicyclic amines) is 1. The summed E-state index contributed by atoms with van der Waals surface area (Å²) in [6.45, 7) is 11.8. The van der Waals surface area contributed by atoms with Gasteiger partial charge in [-0.15, -0.1) is 0 Å². The Kier molecular flexibility index (Phi) is 12.9. The maximum Gasteiger partial charge on any atom is 0.410 e. The first-order valence-corrected chi connectivity index (χ1v) is 9.93. The van der Waals surface area contributed by atoms with Gasteiger partial charge in [-0.1, -0.05) is 6.58 Å². The highest BCUT2D eigenvalue weighted by atomic mass is 16.6. The van der Waals surface area contributed by atoms with Crippen molar-refractivity contribution in [1.29, 1.82) is 0 Å². The number of aliphatic hydroxyl groups is 1. The second-order valence-electron chi connectivity index (χ2n) is 7.97. The van der Waals surface area contributed by atoms with Gasteiger partial charge in [0, 0.05) is 13.1 Å². The zero-order valence-electron chi connectivity index (χ0n) is 18.9. The fourth-order valence-electron chi connectivity index (χ4n) is 2.34. The molecule has 11 nitrogen and oxygen atoms in total. The Bertz CT molecular complexity index is 610. The molecule has 11 heteroatoms. The first kappa shape index (κ1) is 28.2.